The fourth-order valence-corrected chi connectivity index (χ4v) is 10.0. The average molecular weight is 627 g/mol. The Hall–Kier alpha value is -4.94. The first-order chi connectivity index (χ1) is 22.3. The summed E-state index contributed by atoms with van der Waals surface area (Å²) in [6.45, 7) is 0. The fourth-order valence-electron chi connectivity index (χ4n) is 6.69. The normalized spacial score (nSPS) is 12.0. The lowest BCUT2D eigenvalue weighted by Crippen LogP contribution is -1.96. The van der Waals surface area contributed by atoms with Gasteiger partial charge in [-0.05, 0) is 48.5 Å². The van der Waals surface area contributed by atoms with Crippen molar-refractivity contribution in [2.24, 2.45) is 0 Å². The molecule has 4 aromatic heterocycles. The molecule has 10 aromatic rings. The van der Waals surface area contributed by atoms with Crippen LogP contribution < -0.4 is 0 Å². The van der Waals surface area contributed by atoms with Gasteiger partial charge in [0.15, 0.2) is 5.82 Å². The Kier molecular flexibility index (Phi) is 5.52. The van der Waals surface area contributed by atoms with Crippen LogP contribution in [0.3, 0.4) is 0 Å². The summed E-state index contributed by atoms with van der Waals surface area (Å²) in [6, 6.07) is 48.1. The van der Waals surface area contributed by atoms with Crippen LogP contribution in [0.5, 0.6) is 0 Å². The molecular weight excluding hydrogens is 605 g/mol. The molecule has 0 radical (unpaired) electrons. The Morgan fingerprint density at radius 2 is 0.867 bits per heavy atom. The Bertz CT molecular complexity index is 2650. The third-order valence-corrected chi connectivity index (χ3v) is 12.1. The number of hydrogen-bond acceptors (Lipinski definition) is 5. The Morgan fingerprint density at radius 1 is 0.356 bits per heavy atom. The minimum atomic E-state index is 0.753. The highest BCUT2D eigenvalue weighted by molar-refractivity contribution is 7.26. The lowest BCUT2D eigenvalue weighted by Gasteiger charge is -2.12. The lowest BCUT2D eigenvalue weighted by molar-refractivity contribution is 1.19. The predicted octanol–water partition coefficient (Wildman–Crippen LogP) is 12.6. The van der Waals surface area contributed by atoms with E-state index in [0.717, 1.165) is 33.9 Å². The Balaban J connectivity index is 1.28. The van der Waals surface area contributed by atoms with E-state index in [4.69, 9.17) is 9.97 Å². The average Bonchev–Trinajstić information content (AvgIpc) is 3.78. The molecule has 0 saturated carbocycles. The molecule has 0 fully saturated rings. The first-order valence-corrected chi connectivity index (χ1v) is 17.4. The lowest BCUT2D eigenvalue weighted by atomic mass is 10.00. The summed E-state index contributed by atoms with van der Waals surface area (Å²) in [4.78, 5) is 10.7. The third-order valence-electron chi connectivity index (χ3n) is 8.72. The number of hydrogen-bond donors (Lipinski definition) is 0. The molecule has 0 amide bonds. The molecule has 10 rings (SSSR count). The van der Waals surface area contributed by atoms with Crippen molar-refractivity contribution in [2.45, 2.75) is 0 Å². The summed E-state index contributed by atoms with van der Waals surface area (Å²) >= 11 is 5.51. The SMILES string of the molecule is c1ccc2c(c1)sc1ccc(-c3cc(-c4cccc5sc6ccccc6c45)nc(-c4cccc5sc6ccccc6c45)n3)cc12. The summed E-state index contributed by atoms with van der Waals surface area (Å²) in [7, 11) is 0. The molecule has 0 aliphatic carbocycles. The predicted molar refractivity (Wildman–Crippen MR) is 197 cm³/mol. The largest absolute Gasteiger partial charge is 0.228 e. The molecule has 2 nitrogen and oxygen atoms in total. The van der Waals surface area contributed by atoms with Gasteiger partial charge in [-0.15, -0.1) is 34.0 Å². The van der Waals surface area contributed by atoms with Gasteiger partial charge >= 0.3 is 0 Å². The minimum Gasteiger partial charge on any atom is -0.228 e. The van der Waals surface area contributed by atoms with Crippen LogP contribution >= 0.6 is 34.0 Å². The number of thiophene rings is 3. The second-order valence-electron chi connectivity index (χ2n) is 11.3. The molecule has 0 aliphatic heterocycles. The number of nitrogens with zero attached hydrogens (tertiary/aromatic N) is 2. The molecule has 0 atom stereocenters. The Morgan fingerprint density at radius 3 is 1.58 bits per heavy atom. The molecular formula is C40H22N2S3. The van der Waals surface area contributed by atoms with Crippen molar-refractivity contribution >= 4 is 94.5 Å². The van der Waals surface area contributed by atoms with Gasteiger partial charge in [-0.1, -0.05) is 84.9 Å². The number of fused-ring (bicyclic) bond motifs is 9. The topological polar surface area (TPSA) is 25.8 Å². The minimum absolute atomic E-state index is 0.753. The molecule has 0 bridgehead atoms. The summed E-state index contributed by atoms with van der Waals surface area (Å²) in [5.74, 6) is 0.753. The second kappa shape index (κ2) is 9.78. The molecule has 45 heavy (non-hydrogen) atoms. The zero-order valence-electron chi connectivity index (χ0n) is 23.8. The molecule has 4 heterocycles. The van der Waals surface area contributed by atoms with Crippen molar-refractivity contribution in [3.63, 3.8) is 0 Å². The van der Waals surface area contributed by atoms with Gasteiger partial charge in [0.25, 0.3) is 0 Å². The van der Waals surface area contributed by atoms with Gasteiger partial charge in [-0.25, -0.2) is 9.97 Å². The number of benzene rings is 6. The monoisotopic (exact) mass is 626 g/mol. The van der Waals surface area contributed by atoms with E-state index in [1.165, 1.54) is 60.5 Å². The van der Waals surface area contributed by atoms with E-state index in [-0.39, 0.29) is 0 Å². The van der Waals surface area contributed by atoms with Crippen molar-refractivity contribution in [1.82, 2.24) is 9.97 Å². The summed E-state index contributed by atoms with van der Waals surface area (Å²) in [5, 5.41) is 7.56. The fraction of sp³-hybridized carbons (Fsp3) is 0. The first-order valence-electron chi connectivity index (χ1n) is 14.9. The molecule has 210 valence electrons. The van der Waals surface area contributed by atoms with Crippen LogP contribution in [0.25, 0.3) is 94.4 Å². The van der Waals surface area contributed by atoms with Crippen molar-refractivity contribution in [1.29, 1.82) is 0 Å². The standard InChI is InChI=1S/C40H22N2S3/c1-4-14-32-24(9-1)29-21-23(19-20-35(29)43-32)30-22-31(25-12-7-17-36-38(25)26-10-2-5-15-33(26)44-36)42-40(41-30)28-13-8-18-37-39(28)27-11-3-6-16-34(27)45-37/h1-22H. The van der Waals surface area contributed by atoms with E-state index in [1.807, 2.05) is 34.0 Å². The van der Waals surface area contributed by atoms with E-state index in [0.29, 0.717) is 0 Å². The highest BCUT2D eigenvalue weighted by Crippen LogP contribution is 2.43. The molecule has 6 aromatic carbocycles. The van der Waals surface area contributed by atoms with E-state index in [1.54, 1.807) is 0 Å². The molecule has 0 spiro atoms. The van der Waals surface area contributed by atoms with Crippen LogP contribution in [-0.4, -0.2) is 9.97 Å². The maximum atomic E-state index is 5.37. The van der Waals surface area contributed by atoms with Gasteiger partial charge in [0.2, 0.25) is 0 Å². The Labute approximate surface area is 270 Å². The smallest absolute Gasteiger partial charge is 0.161 e. The number of aromatic nitrogens is 2. The maximum absolute atomic E-state index is 5.37. The summed E-state index contributed by atoms with van der Waals surface area (Å²) < 4.78 is 7.69. The zero-order chi connectivity index (χ0) is 29.5. The molecule has 0 N–H and O–H groups in total. The van der Waals surface area contributed by atoms with Gasteiger partial charge in [0.05, 0.1) is 11.4 Å². The van der Waals surface area contributed by atoms with E-state index in [2.05, 4.69) is 133 Å². The highest BCUT2D eigenvalue weighted by Gasteiger charge is 2.18. The van der Waals surface area contributed by atoms with Crippen LogP contribution in [0.2, 0.25) is 0 Å². The number of rotatable bonds is 3. The van der Waals surface area contributed by atoms with Crippen LogP contribution in [0, 0.1) is 0 Å². The van der Waals surface area contributed by atoms with Crippen molar-refractivity contribution in [2.75, 3.05) is 0 Å². The van der Waals surface area contributed by atoms with Gasteiger partial charge in [-0.2, -0.15) is 0 Å². The van der Waals surface area contributed by atoms with E-state index in [9.17, 15) is 0 Å². The zero-order valence-corrected chi connectivity index (χ0v) is 26.3. The van der Waals surface area contributed by atoms with Crippen LogP contribution in [0.1, 0.15) is 0 Å². The third kappa shape index (κ3) is 3.91. The van der Waals surface area contributed by atoms with Crippen molar-refractivity contribution in [3.05, 3.63) is 133 Å². The van der Waals surface area contributed by atoms with Gasteiger partial charge in [-0.3, -0.25) is 0 Å². The highest BCUT2D eigenvalue weighted by atomic mass is 32.1. The summed E-state index contributed by atoms with van der Waals surface area (Å²) in [6.07, 6.45) is 0. The molecule has 5 heteroatoms. The first kappa shape index (κ1) is 25.4. The second-order valence-corrected chi connectivity index (χ2v) is 14.6. The van der Waals surface area contributed by atoms with Crippen LogP contribution in [0.15, 0.2) is 133 Å². The molecule has 0 aliphatic rings. The van der Waals surface area contributed by atoms with Gasteiger partial charge in [0, 0.05) is 77.2 Å². The molecule has 0 unspecified atom stereocenters. The van der Waals surface area contributed by atoms with Gasteiger partial charge in [0.1, 0.15) is 0 Å². The quantitative estimate of drug-likeness (QED) is 0.195. The summed E-state index contributed by atoms with van der Waals surface area (Å²) in [5.41, 5.74) is 5.17. The maximum Gasteiger partial charge on any atom is 0.161 e. The van der Waals surface area contributed by atoms with E-state index >= 15 is 0 Å². The van der Waals surface area contributed by atoms with Crippen molar-refractivity contribution in [3.8, 4) is 33.9 Å². The van der Waals surface area contributed by atoms with Crippen LogP contribution in [-0.2, 0) is 0 Å². The van der Waals surface area contributed by atoms with Gasteiger partial charge < -0.3 is 0 Å². The van der Waals surface area contributed by atoms with Crippen molar-refractivity contribution < 1.29 is 0 Å². The molecule has 0 saturated heterocycles. The van der Waals surface area contributed by atoms with Crippen LogP contribution in [0.4, 0.5) is 0 Å². The van der Waals surface area contributed by atoms with E-state index < -0.39 is 0 Å².